The van der Waals surface area contributed by atoms with Gasteiger partial charge in [-0.3, -0.25) is 10.2 Å². The Kier molecular flexibility index (Phi) is 4.34. The smallest absolute Gasteiger partial charge is 0.261 e. The summed E-state index contributed by atoms with van der Waals surface area (Å²) in [4.78, 5) is 12.3. The van der Waals surface area contributed by atoms with Gasteiger partial charge in [0.05, 0.1) is 4.90 Å². The molecule has 0 saturated heterocycles. The maximum absolute atomic E-state index is 12.4. The highest BCUT2D eigenvalue weighted by atomic mass is 35.5. The molecule has 0 aliphatic carbocycles. The molecule has 1 amide bonds. The van der Waals surface area contributed by atoms with Crippen LogP contribution < -0.4 is 16.0 Å². The van der Waals surface area contributed by atoms with E-state index in [0.29, 0.717) is 21.7 Å². The molecule has 0 aliphatic rings. The van der Waals surface area contributed by atoms with Crippen molar-refractivity contribution in [3.63, 3.8) is 0 Å². The first-order chi connectivity index (χ1) is 11.7. The highest BCUT2D eigenvalue weighted by Gasteiger charge is 2.13. The predicted molar refractivity (Wildman–Crippen MR) is 92.8 cm³/mol. The molecule has 2 aromatic carbocycles. The third-order valence-corrected chi connectivity index (χ3v) is 4.58. The largest absolute Gasteiger partial charge is 0.438 e. The van der Waals surface area contributed by atoms with Crippen molar-refractivity contribution in [3.8, 4) is 0 Å². The molecule has 3 rings (SSSR count). The van der Waals surface area contributed by atoms with Crippen molar-refractivity contribution < 1.29 is 17.6 Å². The number of carbonyl (C=O) groups is 1. The fraction of sp³-hybridized carbons (Fsp3) is 0. The molecule has 7 nitrogen and oxygen atoms in total. The van der Waals surface area contributed by atoms with E-state index in [-0.39, 0.29) is 16.0 Å². The minimum Gasteiger partial charge on any atom is -0.438 e. The molecule has 9 heteroatoms. The number of nitrogens with one attached hydrogen (secondary N) is 2. The minimum absolute atomic E-state index is 0.0188. The molecule has 25 heavy (non-hydrogen) atoms. The maximum Gasteiger partial charge on any atom is 0.261 e. The highest BCUT2D eigenvalue weighted by Crippen LogP contribution is 2.19. The second-order valence-corrected chi connectivity index (χ2v) is 7.19. The van der Waals surface area contributed by atoms with Crippen LogP contribution in [0.4, 0.5) is 5.69 Å². The van der Waals surface area contributed by atoms with E-state index in [2.05, 4.69) is 5.32 Å². The fourth-order valence-corrected chi connectivity index (χ4v) is 2.90. The summed E-state index contributed by atoms with van der Waals surface area (Å²) in [6.45, 7) is 0. The van der Waals surface area contributed by atoms with E-state index >= 15 is 0 Å². The summed E-state index contributed by atoms with van der Waals surface area (Å²) in [7, 11) is -3.81. The first-order valence-electron chi connectivity index (χ1n) is 6.96. The molecule has 0 aliphatic heterocycles. The van der Waals surface area contributed by atoms with Gasteiger partial charge in [0.1, 0.15) is 11.1 Å². The van der Waals surface area contributed by atoms with Gasteiger partial charge in [0.15, 0.2) is 0 Å². The van der Waals surface area contributed by atoms with Crippen LogP contribution >= 0.6 is 11.6 Å². The van der Waals surface area contributed by atoms with Crippen LogP contribution in [0.15, 0.2) is 57.8 Å². The van der Waals surface area contributed by atoms with E-state index in [1.165, 1.54) is 30.3 Å². The first kappa shape index (κ1) is 17.2. The highest BCUT2D eigenvalue weighted by molar-refractivity contribution is 7.89. The number of rotatable bonds is 3. The SMILES string of the molecule is N=c1oc2ccc(Cl)cc2cc1C(=O)Nc1ccc(S(N)(=O)=O)cc1. The Bertz CT molecular complexity index is 1140. The summed E-state index contributed by atoms with van der Waals surface area (Å²) in [5.74, 6) is -0.570. The zero-order valence-electron chi connectivity index (χ0n) is 12.6. The lowest BCUT2D eigenvalue weighted by atomic mass is 10.1. The second-order valence-electron chi connectivity index (χ2n) is 5.19. The molecule has 0 fully saturated rings. The van der Waals surface area contributed by atoms with Crippen LogP contribution in [-0.2, 0) is 10.0 Å². The predicted octanol–water partition coefficient (Wildman–Crippen LogP) is 2.47. The molecule has 0 radical (unpaired) electrons. The van der Waals surface area contributed by atoms with Crippen molar-refractivity contribution in [2.24, 2.45) is 5.14 Å². The van der Waals surface area contributed by atoms with Gasteiger partial charge in [0.25, 0.3) is 5.91 Å². The van der Waals surface area contributed by atoms with Crippen LogP contribution in [0, 0.1) is 5.41 Å². The standard InChI is InChI=1S/C16H12ClN3O4S/c17-10-1-6-14-9(7-10)8-13(15(18)24-14)16(21)20-11-2-4-12(5-3-11)25(19,22)23/h1-8,18H,(H,20,21)(H2,19,22,23). The van der Waals surface area contributed by atoms with Crippen LogP contribution in [0.3, 0.4) is 0 Å². The summed E-state index contributed by atoms with van der Waals surface area (Å²) < 4.78 is 27.8. The van der Waals surface area contributed by atoms with Crippen LogP contribution in [0.25, 0.3) is 11.0 Å². The van der Waals surface area contributed by atoms with Crippen molar-refractivity contribution in [1.29, 1.82) is 5.41 Å². The minimum atomic E-state index is -3.81. The molecule has 0 saturated carbocycles. The van der Waals surface area contributed by atoms with Gasteiger partial charge in [-0.1, -0.05) is 11.6 Å². The molecule has 0 atom stereocenters. The lowest BCUT2D eigenvalue weighted by molar-refractivity contribution is 0.102. The van der Waals surface area contributed by atoms with Crippen molar-refractivity contribution in [1.82, 2.24) is 0 Å². The normalized spacial score (nSPS) is 11.4. The third kappa shape index (κ3) is 3.71. The number of hydrogen-bond acceptors (Lipinski definition) is 5. The number of hydrogen-bond donors (Lipinski definition) is 3. The van der Waals surface area contributed by atoms with Crippen molar-refractivity contribution in [2.45, 2.75) is 4.90 Å². The number of primary sulfonamides is 1. The molecular weight excluding hydrogens is 366 g/mol. The van der Waals surface area contributed by atoms with E-state index in [1.807, 2.05) is 0 Å². The van der Waals surface area contributed by atoms with Gasteiger partial charge in [0.2, 0.25) is 15.6 Å². The van der Waals surface area contributed by atoms with Crippen LogP contribution in [0.5, 0.6) is 0 Å². The van der Waals surface area contributed by atoms with Gasteiger partial charge >= 0.3 is 0 Å². The number of amides is 1. The maximum atomic E-state index is 12.4. The lowest BCUT2D eigenvalue weighted by Crippen LogP contribution is -2.21. The van der Waals surface area contributed by atoms with Gasteiger partial charge in [0, 0.05) is 16.1 Å². The van der Waals surface area contributed by atoms with Crippen LogP contribution in [0.1, 0.15) is 10.4 Å². The Balaban J connectivity index is 1.92. The number of halogens is 1. The van der Waals surface area contributed by atoms with Gasteiger partial charge in [-0.15, -0.1) is 0 Å². The summed E-state index contributed by atoms with van der Waals surface area (Å²) in [5, 5.41) is 16.5. The molecule has 0 unspecified atom stereocenters. The zero-order valence-corrected chi connectivity index (χ0v) is 14.2. The van der Waals surface area contributed by atoms with E-state index in [9.17, 15) is 13.2 Å². The van der Waals surface area contributed by atoms with Gasteiger partial charge in [-0.05, 0) is 48.5 Å². The van der Waals surface area contributed by atoms with Crippen molar-refractivity contribution >= 4 is 44.2 Å². The van der Waals surface area contributed by atoms with E-state index in [1.54, 1.807) is 18.2 Å². The Hall–Kier alpha value is -2.68. The van der Waals surface area contributed by atoms with Gasteiger partial charge in [-0.25, -0.2) is 13.6 Å². The molecule has 1 aromatic heterocycles. The van der Waals surface area contributed by atoms with E-state index < -0.39 is 15.9 Å². The van der Waals surface area contributed by atoms with Crippen LogP contribution in [-0.4, -0.2) is 14.3 Å². The second kappa shape index (κ2) is 6.32. The molecule has 4 N–H and O–H groups in total. The first-order valence-corrected chi connectivity index (χ1v) is 8.89. The zero-order chi connectivity index (χ0) is 18.2. The van der Waals surface area contributed by atoms with E-state index in [4.69, 9.17) is 26.6 Å². The summed E-state index contributed by atoms with van der Waals surface area (Å²) in [6.07, 6.45) is 0. The molecule has 1 heterocycles. The number of fused-ring (bicyclic) bond motifs is 1. The molecule has 128 valence electrons. The molecule has 0 bridgehead atoms. The van der Waals surface area contributed by atoms with Gasteiger partial charge < -0.3 is 9.73 Å². The topological polar surface area (TPSA) is 126 Å². The number of carbonyl (C=O) groups excluding carboxylic acids is 1. The molecule has 3 aromatic rings. The quantitative estimate of drug-likeness (QED) is 0.647. The van der Waals surface area contributed by atoms with Gasteiger partial charge in [-0.2, -0.15) is 0 Å². The monoisotopic (exact) mass is 377 g/mol. The lowest BCUT2D eigenvalue weighted by Gasteiger charge is -2.07. The molecule has 0 spiro atoms. The average molecular weight is 378 g/mol. The molecular formula is C16H12ClN3O4S. The summed E-state index contributed by atoms with van der Waals surface area (Å²) in [6, 6.07) is 11.7. The Morgan fingerprint density at radius 3 is 2.44 bits per heavy atom. The van der Waals surface area contributed by atoms with Crippen molar-refractivity contribution in [2.75, 3.05) is 5.32 Å². The van der Waals surface area contributed by atoms with E-state index in [0.717, 1.165) is 0 Å². The summed E-state index contributed by atoms with van der Waals surface area (Å²) >= 11 is 5.92. The van der Waals surface area contributed by atoms with Crippen molar-refractivity contribution in [3.05, 3.63) is 64.7 Å². The Morgan fingerprint density at radius 1 is 1.12 bits per heavy atom. The number of nitrogens with two attached hydrogens (primary N) is 1. The third-order valence-electron chi connectivity index (χ3n) is 3.41. The average Bonchev–Trinajstić information content (AvgIpc) is 2.54. The Morgan fingerprint density at radius 2 is 1.80 bits per heavy atom. The Labute approximate surface area is 147 Å². The number of anilines is 1. The number of benzene rings is 2. The number of sulfonamides is 1. The summed E-state index contributed by atoms with van der Waals surface area (Å²) in [5.41, 5.74) is 0.505. The van der Waals surface area contributed by atoms with Crippen LogP contribution in [0.2, 0.25) is 5.02 Å². The fourth-order valence-electron chi connectivity index (χ4n) is 2.21.